The van der Waals surface area contributed by atoms with E-state index in [1.165, 1.54) is 34.8 Å². The summed E-state index contributed by atoms with van der Waals surface area (Å²) in [6.07, 6.45) is -0.382. The average molecular weight is 529 g/mol. The number of hydrogen-bond donors (Lipinski definition) is 2. The maximum absolute atomic E-state index is 14.5. The Hall–Kier alpha value is -2.58. The average Bonchev–Trinajstić information content (AvgIpc) is 3.52. The summed E-state index contributed by atoms with van der Waals surface area (Å²) in [4.78, 5) is 0. The molecule has 7 atom stereocenters. The van der Waals surface area contributed by atoms with Crippen LogP contribution in [0.2, 0.25) is 5.02 Å². The van der Waals surface area contributed by atoms with Crippen molar-refractivity contribution in [2.45, 2.75) is 61.9 Å². The van der Waals surface area contributed by atoms with Gasteiger partial charge < -0.3 is 19.7 Å². The Morgan fingerprint density at radius 3 is 2.56 bits per heavy atom. The van der Waals surface area contributed by atoms with E-state index >= 15 is 0 Å². The molecule has 0 unspecified atom stereocenters. The van der Waals surface area contributed by atoms with Crippen LogP contribution in [0.1, 0.15) is 30.6 Å². The van der Waals surface area contributed by atoms with Crippen LogP contribution >= 0.6 is 11.6 Å². The minimum absolute atomic E-state index is 0.0120. The highest BCUT2D eigenvalue weighted by atomic mass is 35.5. The van der Waals surface area contributed by atoms with Crippen LogP contribution in [0.5, 0.6) is 0 Å². The van der Waals surface area contributed by atoms with E-state index in [-0.39, 0.29) is 28.7 Å². The van der Waals surface area contributed by atoms with Crippen molar-refractivity contribution in [2.75, 3.05) is 13.7 Å². The van der Waals surface area contributed by atoms with Crippen molar-refractivity contribution in [1.82, 2.24) is 30.0 Å². The summed E-state index contributed by atoms with van der Waals surface area (Å²) in [5.41, 5.74) is 0.372. The van der Waals surface area contributed by atoms with Gasteiger partial charge in [0.2, 0.25) is 0 Å². The van der Waals surface area contributed by atoms with E-state index in [1.807, 2.05) is 0 Å². The maximum atomic E-state index is 14.5. The lowest BCUT2D eigenvalue weighted by atomic mass is 9.90. The molecule has 3 aromatic rings. The molecule has 5 rings (SSSR count). The molecule has 10 nitrogen and oxygen atoms in total. The number of halogens is 4. The van der Waals surface area contributed by atoms with E-state index in [0.717, 1.165) is 0 Å². The zero-order valence-electron chi connectivity index (χ0n) is 19.1. The number of aromatic nitrogens is 6. The molecule has 0 radical (unpaired) electrons. The molecule has 2 aliphatic rings. The molecular formula is C22H24ClF3N6O4. The zero-order chi connectivity index (χ0) is 25.6. The Labute approximate surface area is 208 Å². The van der Waals surface area contributed by atoms with Crippen molar-refractivity contribution in [2.24, 2.45) is 0 Å². The minimum atomic E-state index is -1.27. The highest BCUT2D eigenvalue weighted by molar-refractivity contribution is 6.30. The van der Waals surface area contributed by atoms with Gasteiger partial charge in [0.25, 0.3) is 0 Å². The number of hydrogen-bond acceptors (Lipinski definition) is 8. The summed E-state index contributed by atoms with van der Waals surface area (Å²) in [7, 11) is 1.42. The lowest BCUT2D eigenvalue weighted by Crippen LogP contribution is -2.57. The quantitative estimate of drug-likeness (QED) is 0.447. The van der Waals surface area contributed by atoms with Crippen LogP contribution in [0.3, 0.4) is 0 Å². The van der Waals surface area contributed by atoms with Crippen LogP contribution in [0, 0.1) is 11.6 Å². The molecule has 2 aromatic heterocycles. The van der Waals surface area contributed by atoms with Crippen LogP contribution < -0.4 is 0 Å². The maximum Gasteiger partial charge on any atom is 0.178 e. The molecule has 3 heterocycles. The van der Waals surface area contributed by atoms with E-state index in [4.69, 9.17) is 21.1 Å². The standard InChI is InChI=1S/C22H24ClF3N6O4/c1-35-22-16(6-10-7-31(29-27-10)15-5-4-13(15)24)36-17(9-33)21(34)20(22)32-8-14(28-30-32)11-2-3-12(23)19(26)18(11)25/h2-3,7-8,13,15-17,20-22,33-34H,4-6,9H2,1H3/t13-,15-,16-,17-,20+,21+,22+/m1/s1. The Balaban J connectivity index is 1.42. The zero-order valence-corrected chi connectivity index (χ0v) is 19.8. The minimum Gasteiger partial charge on any atom is -0.394 e. The fourth-order valence-electron chi connectivity index (χ4n) is 4.71. The molecule has 1 saturated carbocycles. The second-order valence-electron chi connectivity index (χ2n) is 8.94. The van der Waals surface area contributed by atoms with Gasteiger partial charge in [-0.1, -0.05) is 22.0 Å². The van der Waals surface area contributed by atoms with E-state index in [1.54, 1.807) is 6.20 Å². The fourth-order valence-corrected chi connectivity index (χ4v) is 4.86. The van der Waals surface area contributed by atoms with Gasteiger partial charge >= 0.3 is 0 Å². The first-order chi connectivity index (χ1) is 17.3. The molecule has 14 heteroatoms. The fraction of sp³-hybridized carbons (Fsp3) is 0.545. The summed E-state index contributed by atoms with van der Waals surface area (Å²) in [5, 5.41) is 36.5. The third-order valence-corrected chi connectivity index (χ3v) is 7.12. The van der Waals surface area contributed by atoms with Crippen molar-refractivity contribution >= 4 is 11.6 Å². The largest absolute Gasteiger partial charge is 0.394 e. The lowest BCUT2D eigenvalue weighted by molar-refractivity contribution is -0.212. The number of rotatable bonds is 7. The smallest absolute Gasteiger partial charge is 0.178 e. The van der Waals surface area contributed by atoms with Crippen LogP contribution in [-0.4, -0.2) is 84.5 Å². The molecule has 2 fully saturated rings. The normalized spacial score (nSPS) is 30.4. The molecule has 0 spiro atoms. The van der Waals surface area contributed by atoms with Gasteiger partial charge in [0.15, 0.2) is 11.6 Å². The van der Waals surface area contributed by atoms with Gasteiger partial charge in [-0.2, -0.15) is 0 Å². The van der Waals surface area contributed by atoms with Crippen LogP contribution in [-0.2, 0) is 15.9 Å². The van der Waals surface area contributed by atoms with E-state index < -0.39 is 54.9 Å². The molecule has 1 aliphatic heterocycles. The van der Waals surface area contributed by atoms with Gasteiger partial charge in [-0.25, -0.2) is 22.5 Å². The predicted octanol–water partition coefficient (Wildman–Crippen LogP) is 2.06. The van der Waals surface area contributed by atoms with Crippen molar-refractivity contribution in [3.05, 3.63) is 46.9 Å². The number of ether oxygens (including phenoxy) is 2. The van der Waals surface area contributed by atoms with Gasteiger partial charge in [0, 0.05) is 25.3 Å². The number of alkyl halides is 1. The molecule has 0 bridgehead atoms. The summed E-state index contributed by atoms with van der Waals surface area (Å²) in [5.74, 6) is -2.39. The van der Waals surface area contributed by atoms with Crippen molar-refractivity contribution in [3.63, 3.8) is 0 Å². The van der Waals surface area contributed by atoms with E-state index in [2.05, 4.69) is 20.6 Å². The number of nitrogens with zero attached hydrogens (tertiary/aromatic N) is 6. The molecule has 1 aliphatic carbocycles. The van der Waals surface area contributed by atoms with Crippen molar-refractivity contribution < 1.29 is 32.9 Å². The first kappa shape index (κ1) is 25.1. The lowest BCUT2D eigenvalue weighted by Gasteiger charge is -2.43. The van der Waals surface area contributed by atoms with Gasteiger partial charge in [0.1, 0.15) is 36.2 Å². The highest BCUT2D eigenvalue weighted by Crippen LogP contribution is 2.36. The molecule has 1 saturated heterocycles. The van der Waals surface area contributed by atoms with Crippen LogP contribution in [0.15, 0.2) is 24.5 Å². The number of benzene rings is 1. The summed E-state index contributed by atoms with van der Waals surface area (Å²) in [6, 6.07) is 1.23. The predicted molar refractivity (Wildman–Crippen MR) is 119 cm³/mol. The van der Waals surface area contributed by atoms with Gasteiger partial charge in [-0.15, -0.1) is 10.2 Å². The third kappa shape index (κ3) is 4.39. The van der Waals surface area contributed by atoms with Crippen LogP contribution in [0.25, 0.3) is 11.3 Å². The first-order valence-corrected chi connectivity index (χ1v) is 11.8. The molecule has 1 aromatic carbocycles. The van der Waals surface area contributed by atoms with Gasteiger partial charge in [0.05, 0.1) is 35.7 Å². The SMILES string of the molecule is CO[C@@H]1[C@@H](n2cc(-c3ccc(Cl)c(F)c3F)nn2)[C@@H](O)[C@@H](CO)O[C@@H]1Cc1cn([C@@H]2CC[C@H]2F)nn1. The number of methoxy groups -OCH3 is 1. The number of aliphatic hydroxyl groups is 2. The number of aliphatic hydroxyl groups excluding tert-OH is 2. The molecule has 194 valence electrons. The summed E-state index contributed by atoms with van der Waals surface area (Å²) < 4.78 is 56.5. The molecule has 0 amide bonds. The van der Waals surface area contributed by atoms with Crippen LogP contribution in [0.4, 0.5) is 13.2 Å². The third-order valence-electron chi connectivity index (χ3n) is 6.83. The second kappa shape index (κ2) is 10.1. The highest BCUT2D eigenvalue weighted by Gasteiger charge is 2.47. The van der Waals surface area contributed by atoms with Gasteiger partial charge in [-0.3, -0.25) is 0 Å². The Morgan fingerprint density at radius 1 is 1.11 bits per heavy atom. The summed E-state index contributed by atoms with van der Waals surface area (Å²) >= 11 is 5.64. The molecule has 36 heavy (non-hydrogen) atoms. The monoisotopic (exact) mass is 528 g/mol. The van der Waals surface area contributed by atoms with Gasteiger partial charge in [-0.05, 0) is 25.0 Å². The second-order valence-corrected chi connectivity index (χ2v) is 9.35. The Bertz CT molecular complexity index is 1230. The molecular weight excluding hydrogens is 505 g/mol. The summed E-state index contributed by atoms with van der Waals surface area (Å²) in [6.45, 7) is -0.499. The van der Waals surface area contributed by atoms with Crippen molar-refractivity contribution in [3.8, 4) is 11.3 Å². The topological polar surface area (TPSA) is 120 Å². The molecule has 2 N–H and O–H groups in total. The Morgan fingerprint density at radius 2 is 1.89 bits per heavy atom. The first-order valence-electron chi connectivity index (χ1n) is 11.4. The van der Waals surface area contributed by atoms with E-state index in [9.17, 15) is 23.4 Å². The Kier molecular flexibility index (Phi) is 7.01. The van der Waals surface area contributed by atoms with Crippen molar-refractivity contribution in [1.29, 1.82) is 0 Å². The van der Waals surface area contributed by atoms with E-state index in [0.29, 0.717) is 18.5 Å².